The number of H-pyrrole nitrogens is 1. The summed E-state index contributed by atoms with van der Waals surface area (Å²) in [4.78, 5) is 10.7. The molecule has 1 aromatic heterocycles. The molecule has 0 aliphatic rings. The fraction of sp³-hybridized carbons (Fsp3) is 0.750. The third-order valence-electron chi connectivity index (χ3n) is 2.74. The molecule has 1 atom stereocenters. The first-order valence-electron chi connectivity index (χ1n) is 6.26. The van der Waals surface area contributed by atoms with Gasteiger partial charge in [-0.3, -0.25) is 9.48 Å². The topological polar surface area (TPSA) is 61.9 Å². The fourth-order valence-corrected chi connectivity index (χ4v) is 1.80. The summed E-state index contributed by atoms with van der Waals surface area (Å²) in [6, 6.07) is 0.502. The summed E-state index contributed by atoms with van der Waals surface area (Å²) in [5.41, 5.74) is 1.28. The molecular weight excluding hydrogens is 216 g/mol. The van der Waals surface area contributed by atoms with Gasteiger partial charge in [-0.2, -0.15) is 0 Å². The van der Waals surface area contributed by atoms with Gasteiger partial charge in [-0.1, -0.05) is 0 Å². The molecule has 1 aromatic rings. The summed E-state index contributed by atoms with van der Waals surface area (Å²) in [7, 11) is 1.99. The van der Waals surface area contributed by atoms with Gasteiger partial charge in [-0.05, 0) is 19.8 Å². The Balaban J connectivity index is 1.94. The second-order valence-corrected chi connectivity index (χ2v) is 4.61. The van der Waals surface area contributed by atoms with Gasteiger partial charge in [-0.25, -0.2) is 0 Å². The molecule has 1 heterocycles. The van der Waals surface area contributed by atoms with Crippen LogP contribution in [-0.2, 0) is 18.3 Å². The van der Waals surface area contributed by atoms with Crippen molar-refractivity contribution < 1.29 is 4.79 Å². The van der Waals surface area contributed by atoms with Gasteiger partial charge in [0, 0.05) is 45.7 Å². The van der Waals surface area contributed by atoms with Crippen molar-refractivity contribution >= 4 is 5.91 Å². The molecule has 0 aliphatic carbocycles. The van der Waals surface area contributed by atoms with E-state index in [4.69, 9.17) is 0 Å². The van der Waals surface area contributed by atoms with Gasteiger partial charge >= 0.3 is 0 Å². The van der Waals surface area contributed by atoms with E-state index in [1.165, 1.54) is 5.69 Å². The minimum Gasteiger partial charge on any atom is -0.356 e. The Kier molecular flexibility index (Phi) is 5.83. The van der Waals surface area contributed by atoms with Crippen molar-refractivity contribution in [2.45, 2.75) is 39.2 Å². The maximum absolute atomic E-state index is 10.7. The standard InChI is InChI=1S/C12H24N4O/c1-10(5-4-7-14-11(2)17)13-8-6-12-9-16(3)15-12/h9-10,13,15H,4-8H2,1-3H3,(H,14,17). The molecule has 3 N–H and O–H groups in total. The largest absolute Gasteiger partial charge is 0.356 e. The molecule has 0 aliphatic heterocycles. The van der Waals surface area contributed by atoms with Crippen LogP contribution in [0.2, 0.25) is 0 Å². The minimum atomic E-state index is 0.0535. The fourth-order valence-electron chi connectivity index (χ4n) is 1.80. The van der Waals surface area contributed by atoms with E-state index in [-0.39, 0.29) is 5.91 Å². The van der Waals surface area contributed by atoms with Crippen LogP contribution in [0.15, 0.2) is 6.20 Å². The zero-order valence-corrected chi connectivity index (χ0v) is 11.0. The van der Waals surface area contributed by atoms with Crippen LogP contribution in [0, 0.1) is 0 Å². The summed E-state index contributed by atoms with van der Waals surface area (Å²) in [6.45, 7) is 5.51. The van der Waals surface area contributed by atoms with Gasteiger partial charge in [0.05, 0.1) is 5.69 Å². The maximum atomic E-state index is 10.7. The molecule has 0 bridgehead atoms. The minimum absolute atomic E-state index is 0.0535. The second-order valence-electron chi connectivity index (χ2n) is 4.61. The van der Waals surface area contributed by atoms with Crippen LogP contribution in [0.1, 0.15) is 32.4 Å². The molecule has 0 saturated carbocycles. The smallest absolute Gasteiger partial charge is 0.216 e. The van der Waals surface area contributed by atoms with E-state index in [0.717, 1.165) is 32.4 Å². The highest BCUT2D eigenvalue weighted by molar-refractivity contribution is 5.72. The first kappa shape index (κ1) is 13.8. The quantitative estimate of drug-likeness (QED) is 0.588. The van der Waals surface area contributed by atoms with Crippen LogP contribution in [0.3, 0.4) is 0 Å². The van der Waals surface area contributed by atoms with Gasteiger partial charge in [-0.15, -0.1) is 0 Å². The Labute approximate surface area is 103 Å². The lowest BCUT2D eigenvalue weighted by atomic mass is 10.1. The lowest BCUT2D eigenvalue weighted by Gasteiger charge is -2.15. The molecule has 0 aromatic carbocycles. The van der Waals surface area contributed by atoms with Gasteiger partial charge < -0.3 is 15.7 Å². The molecule has 1 amide bonds. The zero-order valence-electron chi connectivity index (χ0n) is 11.0. The number of aromatic nitrogens is 2. The number of rotatable bonds is 8. The summed E-state index contributed by atoms with van der Waals surface area (Å²) >= 11 is 0. The average molecular weight is 240 g/mol. The van der Waals surface area contributed by atoms with Crippen molar-refractivity contribution in [3.63, 3.8) is 0 Å². The molecule has 98 valence electrons. The molecule has 0 fully saturated rings. The third kappa shape index (κ3) is 6.16. The summed E-state index contributed by atoms with van der Waals surface area (Å²) < 4.78 is 1.95. The SMILES string of the molecule is CC(=O)NCCCC(C)NCCc1cn(C)[nH]1. The Bertz CT molecular complexity index is 317. The molecule has 1 rings (SSSR count). The maximum Gasteiger partial charge on any atom is 0.216 e. The van der Waals surface area contributed by atoms with Gasteiger partial charge in [0.25, 0.3) is 0 Å². The van der Waals surface area contributed by atoms with E-state index in [9.17, 15) is 4.79 Å². The first-order chi connectivity index (χ1) is 8.08. The van der Waals surface area contributed by atoms with Gasteiger partial charge in [0.2, 0.25) is 5.91 Å². The van der Waals surface area contributed by atoms with E-state index < -0.39 is 0 Å². The molecule has 0 saturated heterocycles. The Morgan fingerprint density at radius 2 is 2.24 bits per heavy atom. The van der Waals surface area contributed by atoms with Crippen molar-refractivity contribution in [3.8, 4) is 0 Å². The normalized spacial score (nSPS) is 12.6. The number of carbonyl (C=O) groups is 1. The highest BCUT2D eigenvalue weighted by Crippen LogP contribution is 1.98. The number of amides is 1. The van der Waals surface area contributed by atoms with Crippen LogP contribution < -0.4 is 10.6 Å². The van der Waals surface area contributed by atoms with Gasteiger partial charge in [0.1, 0.15) is 0 Å². The number of carbonyl (C=O) groups excluding carboxylic acids is 1. The van der Waals surface area contributed by atoms with E-state index in [0.29, 0.717) is 6.04 Å². The molecule has 5 nitrogen and oxygen atoms in total. The molecule has 0 radical (unpaired) electrons. The molecular formula is C12H24N4O. The monoisotopic (exact) mass is 240 g/mol. The predicted octanol–water partition coefficient (Wildman–Crippen LogP) is 0.790. The molecule has 1 unspecified atom stereocenters. The van der Waals surface area contributed by atoms with E-state index in [2.05, 4.69) is 28.9 Å². The van der Waals surface area contributed by atoms with E-state index >= 15 is 0 Å². The van der Waals surface area contributed by atoms with Crippen LogP contribution in [-0.4, -0.2) is 34.8 Å². The number of hydrogen-bond acceptors (Lipinski definition) is 2. The first-order valence-corrected chi connectivity index (χ1v) is 6.26. The van der Waals surface area contributed by atoms with Crippen molar-refractivity contribution in [1.82, 2.24) is 20.4 Å². The van der Waals surface area contributed by atoms with Crippen molar-refractivity contribution in [3.05, 3.63) is 11.9 Å². The number of aryl methyl sites for hydroxylation is 1. The number of nitrogens with zero attached hydrogens (tertiary/aromatic N) is 1. The summed E-state index contributed by atoms with van der Waals surface area (Å²) in [6.07, 6.45) is 5.26. The van der Waals surface area contributed by atoms with E-state index in [1.807, 2.05) is 11.7 Å². The van der Waals surface area contributed by atoms with Crippen molar-refractivity contribution in [1.29, 1.82) is 0 Å². The Morgan fingerprint density at radius 1 is 1.53 bits per heavy atom. The van der Waals surface area contributed by atoms with Crippen LogP contribution in [0.25, 0.3) is 0 Å². The molecule has 0 spiro atoms. The zero-order chi connectivity index (χ0) is 12.7. The highest BCUT2D eigenvalue weighted by atomic mass is 16.1. The van der Waals surface area contributed by atoms with Crippen LogP contribution in [0.4, 0.5) is 0 Å². The van der Waals surface area contributed by atoms with Crippen LogP contribution in [0.5, 0.6) is 0 Å². The Morgan fingerprint density at radius 3 is 2.82 bits per heavy atom. The third-order valence-corrected chi connectivity index (χ3v) is 2.74. The van der Waals surface area contributed by atoms with Crippen molar-refractivity contribution in [2.24, 2.45) is 7.05 Å². The summed E-state index contributed by atoms with van der Waals surface area (Å²) in [5, 5.41) is 9.47. The average Bonchev–Trinajstić information content (AvgIpc) is 2.21. The van der Waals surface area contributed by atoms with Crippen LogP contribution >= 0.6 is 0 Å². The van der Waals surface area contributed by atoms with Crippen molar-refractivity contribution in [2.75, 3.05) is 13.1 Å². The molecule has 17 heavy (non-hydrogen) atoms. The number of hydrogen-bond donors (Lipinski definition) is 3. The molecule has 5 heteroatoms. The predicted molar refractivity (Wildman–Crippen MR) is 68.9 cm³/mol. The van der Waals surface area contributed by atoms with Gasteiger partial charge in [0.15, 0.2) is 0 Å². The highest BCUT2D eigenvalue weighted by Gasteiger charge is 2.02. The van der Waals surface area contributed by atoms with E-state index in [1.54, 1.807) is 6.92 Å². The number of aromatic amines is 1. The lowest BCUT2D eigenvalue weighted by molar-refractivity contribution is -0.118. The summed E-state index contributed by atoms with van der Waals surface area (Å²) in [5.74, 6) is 0.0535. The second kappa shape index (κ2) is 7.17. The Hall–Kier alpha value is -1.23. The lowest BCUT2D eigenvalue weighted by Crippen LogP contribution is -2.30. The number of nitrogens with one attached hydrogen (secondary N) is 3.